The molecule has 2 amide bonds. The molecule has 0 saturated carbocycles. The van der Waals surface area contributed by atoms with E-state index in [4.69, 9.17) is 0 Å². The van der Waals surface area contributed by atoms with E-state index in [1.807, 2.05) is 30.6 Å². The maximum Gasteiger partial charge on any atom is 0.290 e. The molecule has 10 heteroatoms. The predicted octanol–water partition coefficient (Wildman–Crippen LogP) is 3.20. The molecule has 0 unspecified atom stereocenters. The Labute approximate surface area is 201 Å². The van der Waals surface area contributed by atoms with E-state index in [-0.39, 0.29) is 11.1 Å². The second-order valence-electron chi connectivity index (χ2n) is 8.29. The first-order chi connectivity index (χ1) is 16.7. The number of rotatable bonds is 7. The summed E-state index contributed by atoms with van der Waals surface area (Å²) in [4.78, 5) is 42.5. The smallest absolute Gasteiger partial charge is 0.290 e. The number of aromatic nitrogens is 4. The number of amides is 2. The van der Waals surface area contributed by atoms with E-state index < -0.39 is 0 Å². The zero-order valence-electron chi connectivity index (χ0n) is 18.5. The fourth-order valence-corrected chi connectivity index (χ4v) is 4.87. The Bertz CT molecular complexity index is 1200. The third-order valence-corrected chi connectivity index (χ3v) is 6.79. The highest BCUT2D eigenvalue weighted by molar-refractivity contribution is 8.18. The minimum absolute atomic E-state index is 0.354. The number of hydrogen-bond donors (Lipinski definition) is 3. The number of nitrogens with one attached hydrogen (secondary N) is 3. The fourth-order valence-electron chi connectivity index (χ4n) is 4.20. The summed E-state index contributed by atoms with van der Waals surface area (Å²) in [6, 6.07) is 9.85. The Morgan fingerprint density at radius 2 is 2.00 bits per heavy atom. The van der Waals surface area contributed by atoms with E-state index in [0.29, 0.717) is 22.5 Å². The Balaban J connectivity index is 1.13. The van der Waals surface area contributed by atoms with Gasteiger partial charge in [0.15, 0.2) is 0 Å². The van der Waals surface area contributed by atoms with E-state index in [0.717, 1.165) is 62.2 Å². The largest absolute Gasteiger partial charge is 0.360 e. The first-order valence-electron chi connectivity index (χ1n) is 11.3. The van der Waals surface area contributed by atoms with Crippen LogP contribution in [0.3, 0.4) is 0 Å². The molecule has 0 atom stereocenters. The van der Waals surface area contributed by atoms with Gasteiger partial charge in [-0.3, -0.25) is 19.9 Å². The number of carbonyl (C=O) groups is 2. The van der Waals surface area contributed by atoms with E-state index in [9.17, 15) is 9.59 Å². The van der Waals surface area contributed by atoms with Crippen LogP contribution in [0.25, 0.3) is 17.5 Å². The summed E-state index contributed by atoms with van der Waals surface area (Å²) < 4.78 is 0. The highest BCUT2D eigenvalue weighted by Crippen LogP contribution is 2.26. The van der Waals surface area contributed by atoms with Crippen LogP contribution < -0.4 is 15.5 Å². The number of nitrogens with zero attached hydrogens (tertiary/aromatic N) is 4. The molecule has 5 heterocycles. The van der Waals surface area contributed by atoms with Crippen molar-refractivity contribution in [1.29, 1.82) is 0 Å². The standard InChI is InChI=1S/C24H25N7O2S/c32-22-20(34-24(33)30-22)13-18-5-10-28-23(29-18)31-11-6-16(7-12-31)14-25-15-17-3-1-9-27-21(17)19-4-2-8-26-19/h1-5,8-10,13,16,25-26H,6-7,11-12,14-15H2,(H,30,32,33). The summed E-state index contributed by atoms with van der Waals surface area (Å²) in [6.07, 6.45) is 9.15. The number of piperidine rings is 1. The SMILES string of the molecule is O=C1NC(=O)C(=Cc2ccnc(N3CCC(CNCc4cccnc4-c4ccc[nH]4)CC3)n2)S1. The van der Waals surface area contributed by atoms with Crippen molar-refractivity contribution in [1.82, 2.24) is 30.6 Å². The highest BCUT2D eigenvalue weighted by Gasteiger charge is 2.25. The lowest BCUT2D eigenvalue weighted by Gasteiger charge is -2.32. The van der Waals surface area contributed by atoms with Crippen LogP contribution in [-0.4, -0.2) is 50.7 Å². The van der Waals surface area contributed by atoms with Crippen molar-refractivity contribution in [2.24, 2.45) is 5.92 Å². The zero-order valence-corrected chi connectivity index (χ0v) is 19.3. The molecule has 0 radical (unpaired) electrons. The Morgan fingerprint density at radius 1 is 1.12 bits per heavy atom. The van der Waals surface area contributed by atoms with Crippen molar-refractivity contribution >= 4 is 34.9 Å². The molecule has 5 rings (SSSR count). The molecule has 0 spiro atoms. The first-order valence-corrected chi connectivity index (χ1v) is 12.1. The van der Waals surface area contributed by atoms with Crippen molar-refractivity contribution in [3.05, 3.63) is 65.1 Å². The van der Waals surface area contributed by atoms with Gasteiger partial charge < -0.3 is 15.2 Å². The number of thioether (sulfide) groups is 1. The number of hydrogen-bond acceptors (Lipinski definition) is 8. The lowest BCUT2D eigenvalue weighted by atomic mass is 9.97. The summed E-state index contributed by atoms with van der Waals surface area (Å²) in [5.74, 6) is 0.855. The van der Waals surface area contributed by atoms with Gasteiger partial charge in [0.05, 0.1) is 22.0 Å². The molecule has 2 saturated heterocycles. The molecule has 9 nitrogen and oxygen atoms in total. The van der Waals surface area contributed by atoms with Gasteiger partial charge in [-0.05, 0) is 73.0 Å². The van der Waals surface area contributed by atoms with Crippen LogP contribution in [0.4, 0.5) is 10.7 Å². The van der Waals surface area contributed by atoms with Gasteiger partial charge in [-0.2, -0.15) is 0 Å². The molecule has 3 aromatic heterocycles. The van der Waals surface area contributed by atoms with Crippen LogP contribution in [0.5, 0.6) is 0 Å². The third-order valence-electron chi connectivity index (χ3n) is 5.98. The zero-order chi connectivity index (χ0) is 23.3. The quantitative estimate of drug-likeness (QED) is 0.446. The second-order valence-corrected chi connectivity index (χ2v) is 9.30. The number of H-pyrrole nitrogens is 1. The van der Waals surface area contributed by atoms with E-state index in [1.54, 1.807) is 18.3 Å². The normalized spacial score (nSPS) is 18.0. The summed E-state index contributed by atoms with van der Waals surface area (Å²) in [6.45, 7) is 3.47. The first kappa shape index (κ1) is 22.3. The number of carbonyl (C=O) groups excluding carboxylic acids is 2. The van der Waals surface area contributed by atoms with Gasteiger partial charge in [0, 0.05) is 38.2 Å². The van der Waals surface area contributed by atoms with Gasteiger partial charge in [0.25, 0.3) is 11.1 Å². The molecule has 174 valence electrons. The molecule has 2 fully saturated rings. The van der Waals surface area contributed by atoms with Crippen LogP contribution in [0.2, 0.25) is 0 Å². The fraction of sp³-hybridized carbons (Fsp3) is 0.292. The molecule has 34 heavy (non-hydrogen) atoms. The second kappa shape index (κ2) is 10.2. The number of aromatic amines is 1. The Hall–Kier alpha value is -3.50. The lowest BCUT2D eigenvalue weighted by molar-refractivity contribution is -0.115. The van der Waals surface area contributed by atoms with Crippen molar-refractivity contribution < 1.29 is 9.59 Å². The van der Waals surface area contributed by atoms with Crippen molar-refractivity contribution in [3.63, 3.8) is 0 Å². The minimum Gasteiger partial charge on any atom is -0.360 e. The van der Waals surface area contributed by atoms with Crippen molar-refractivity contribution in [2.75, 3.05) is 24.5 Å². The van der Waals surface area contributed by atoms with Crippen LogP contribution in [0.15, 0.2) is 53.8 Å². The summed E-state index contributed by atoms with van der Waals surface area (Å²) in [5, 5.41) is 5.51. The van der Waals surface area contributed by atoms with Gasteiger partial charge in [0.1, 0.15) is 0 Å². The molecular weight excluding hydrogens is 450 g/mol. The molecule has 3 N–H and O–H groups in total. The third kappa shape index (κ3) is 5.18. The predicted molar refractivity (Wildman–Crippen MR) is 132 cm³/mol. The molecule has 3 aromatic rings. The van der Waals surface area contributed by atoms with Gasteiger partial charge in [0.2, 0.25) is 5.95 Å². The topological polar surface area (TPSA) is 116 Å². The molecular formula is C24H25N7O2S. The van der Waals surface area contributed by atoms with Gasteiger partial charge >= 0.3 is 0 Å². The van der Waals surface area contributed by atoms with Gasteiger partial charge in [-0.15, -0.1) is 0 Å². The van der Waals surface area contributed by atoms with Crippen molar-refractivity contribution in [2.45, 2.75) is 19.4 Å². The van der Waals surface area contributed by atoms with E-state index in [2.05, 4.69) is 41.5 Å². The van der Waals surface area contributed by atoms with Crippen LogP contribution in [0, 0.1) is 5.92 Å². The average molecular weight is 476 g/mol. The Morgan fingerprint density at radius 3 is 2.76 bits per heavy atom. The monoisotopic (exact) mass is 475 g/mol. The maximum absolute atomic E-state index is 11.8. The van der Waals surface area contributed by atoms with Crippen LogP contribution in [-0.2, 0) is 11.3 Å². The van der Waals surface area contributed by atoms with Crippen molar-refractivity contribution in [3.8, 4) is 11.4 Å². The summed E-state index contributed by atoms with van der Waals surface area (Å²) >= 11 is 0.891. The number of anilines is 1. The van der Waals surface area contributed by atoms with E-state index >= 15 is 0 Å². The highest BCUT2D eigenvalue weighted by atomic mass is 32.2. The Kier molecular flexibility index (Phi) is 6.68. The van der Waals surface area contributed by atoms with Crippen LogP contribution in [0.1, 0.15) is 24.1 Å². The van der Waals surface area contributed by atoms with Gasteiger partial charge in [-0.25, -0.2) is 9.97 Å². The van der Waals surface area contributed by atoms with E-state index in [1.165, 1.54) is 5.56 Å². The molecule has 2 aliphatic rings. The molecule has 0 bridgehead atoms. The lowest BCUT2D eigenvalue weighted by Crippen LogP contribution is -2.38. The molecule has 0 aliphatic carbocycles. The minimum atomic E-state index is -0.380. The van der Waals surface area contributed by atoms with Gasteiger partial charge in [-0.1, -0.05) is 6.07 Å². The maximum atomic E-state index is 11.8. The number of imide groups is 1. The summed E-state index contributed by atoms with van der Waals surface area (Å²) in [5.41, 5.74) is 3.81. The van der Waals surface area contributed by atoms with Crippen LogP contribution >= 0.6 is 11.8 Å². The number of pyridine rings is 1. The average Bonchev–Trinajstić information content (AvgIpc) is 3.50. The molecule has 0 aromatic carbocycles. The summed E-state index contributed by atoms with van der Waals surface area (Å²) in [7, 11) is 0. The molecule has 2 aliphatic heterocycles.